The molecule has 1 aliphatic rings. The molecule has 1 saturated heterocycles. The van der Waals surface area contributed by atoms with Gasteiger partial charge in [0.1, 0.15) is 38.5 Å². The number of amides is 1. The van der Waals surface area contributed by atoms with Crippen LogP contribution in [0.2, 0.25) is 0 Å². The van der Waals surface area contributed by atoms with Crippen LogP contribution in [0.15, 0.2) is 36.4 Å². The SMILES string of the molecule is COc1ccc(C)cc1C[NH+]1CC[NH+]([C@H](C)C(=O)Nc2c(C)cccc2C(C)C)CC1. The molecular formula is C26H39N3O2+2. The van der Waals surface area contributed by atoms with Gasteiger partial charge in [0.25, 0.3) is 5.91 Å². The van der Waals surface area contributed by atoms with Crippen LogP contribution in [0.25, 0.3) is 0 Å². The predicted molar refractivity (Wildman–Crippen MR) is 126 cm³/mol. The van der Waals surface area contributed by atoms with Crippen LogP contribution in [0.3, 0.4) is 0 Å². The van der Waals surface area contributed by atoms with E-state index in [2.05, 4.69) is 76.3 Å². The fourth-order valence-electron chi connectivity index (χ4n) is 4.61. The molecule has 1 fully saturated rings. The third-order valence-corrected chi connectivity index (χ3v) is 6.66. The van der Waals surface area contributed by atoms with Gasteiger partial charge in [-0.05, 0) is 49.9 Å². The Kier molecular flexibility index (Phi) is 7.74. The molecule has 0 aromatic heterocycles. The van der Waals surface area contributed by atoms with Gasteiger partial charge >= 0.3 is 0 Å². The number of anilines is 1. The number of nitrogens with one attached hydrogen (secondary N) is 3. The number of hydrogen-bond acceptors (Lipinski definition) is 2. The molecule has 0 aliphatic carbocycles. The topological polar surface area (TPSA) is 47.2 Å². The number of quaternary nitrogens is 2. The second-order valence-electron chi connectivity index (χ2n) is 9.31. The smallest absolute Gasteiger partial charge is 0.282 e. The third-order valence-electron chi connectivity index (χ3n) is 6.66. The Balaban J connectivity index is 1.59. The minimum Gasteiger partial charge on any atom is -0.496 e. The van der Waals surface area contributed by atoms with E-state index in [-0.39, 0.29) is 11.9 Å². The van der Waals surface area contributed by atoms with Crippen LogP contribution in [-0.2, 0) is 11.3 Å². The molecule has 0 unspecified atom stereocenters. The number of para-hydroxylation sites is 1. The molecule has 1 heterocycles. The Hall–Kier alpha value is -2.37. The van der Waals surface area contributed by atoms with Gasteiger partial charge in [0, 0.05) is 11.3 Å². The van der Waals surface area contributed by atoms with E-state index in [4.69, 9.17) is 4.74 Å². The van der Waals surface area contributed by atoms with E-state index < -0.39 is 0 Å². The van der Waals surface area contributed by atoms with Crippen molar-refractivity contribution in [3.63, 3.8) is 0 Å². The number of rotatable bonds is 7. The normalized spacial score (nSPS) is 19.8. The molecule has 168 valence electrons. The Labute approximate surface area is 187 Å². The van der Waals surface area contributed by atoms with E-state index in [0.29, 0.717) is 5.92 Å². The molecule has 1 amide bonds. The van der Waals surface area contributed by atoms with E-state index in [1.807, 2.05) is 0 Å². The molecule has 3 N–H and O–H groups in total. The number of carbonyl (C=O) groups is 1. The molecule has 1 aliphatic heterocycles. The van der Waals surface area contributed by atoms with Gasteiger partial charge in [-0.3, -0.25) is 4.79 Å². The maximum Gasteiger partial charge on any atom is 0.282 e. The van der Waals surface area contributed by atoms with Crippen molar-refractivity contribution < 1.29 is 19.3 Å². The molecule has 31 heavy (non-hydrogen) atoms. The number of methoxy groups -OCH3 is 1. The van der Waals surface area contributed by atoms with Gasteiger partial charge in [0.2, 0.25) is 0 Å². The zero-order valence-electron chi connectivity index (χ0n) is 20.0. The summed E-state index contributed by atoms with van der Waals surface area (Å²) in [6.07, 6.45) is 0. The van der Waals surface area contributed by atoms with E-state index in [0.717, 1.165) is 49.7 Å². The van der Waals surface area contributed by atoms with Gasteiger partial charge in [-0.15, -0.1) is 0 Å². The summed E-state index contributed by atoms with van der Waals surface area (Å²) < 4.78 is 5.55. The minimum atomic E-state index is -0.0605. The second-order valence-corrected chi connectivity index (χ2v) is 9.31. The third kappa shape index (κ3) is 5.66. The molecule has 2 aromatic rings. The first kappa shape index (κ1) is 23.3. The Morgan fingerprint density at radius 2 is 1.77 bits per heavy atom. The summed E-state index contributed by atoms with van der Waals surface area (Å²) in [6, 6.07) is 12.6. The number of benzene rings is 2. The average Bonchev–Trinajstić information content (AvgIpc) is 2.75. The Morgan fingerprint density at radius 3 is 2.42 bits per heavy atom. The summed E-state index contributed by atoms with van der Waals surface area (Å²) in [7, 11) is 1.74. The molecular weight excluding hydrogens is 386 g/mol. The van der Waals surface area contributed by atoms with Crippen LogP contribution >= 0.6 is 0 Å². The fraction of sp³-hybridized carbons (Fsp3) is 0.500. The van der Waals surface area contributed by atoms with Gasteiger partial charge in [-0.25, -0.2) is 0 Å². The number of ether oxygens (including phenoxy) is 1. The first-order chi connectivity index (χ1) is 14.8. The van der Waals surface area contributed by atoms with Gasteiger partial charge in [0.05, 0.1) is 7.11 Å². The highest BCUT2D eigenvalue weighted by Gasteiger charge is 2.32. The maximum atomic E-state index is 13.1. The minimum absolute atomic E-state index is 0.0605. The summed E-state index contributed by atoms with van der Waals surface area (Å²) in [5.41, 5.74) is 5.86. The molecule has 5 heteroatoms. The van der Waals surface area contributed by atoms with Crippen LogP contribution in [-0.4, -0.2) is 45.2 Å². The lowest BCUT2D eigenvalue weighted by Crippen LogP contribution is -3.29. The van der Waals surface area contributed by atoms with Gasteiger partial charge < -0.3 is 19.9 Å². The lowest BCUT2D eigenvalue weighted by molar-refractivity contribution is -1.02. The van der Waals surface area contributed by atoms with Crippen LogP contribution in [0.4, 0.5) is 5.69 Å². The largest absolute Gasteiger partial charge is 0.496 e. The van der Waals surface area contributed by atoms with Crippen molar-refractivity contribution in [3.05, 3.63) is 58.7 Å². The lowest BCUT2D eigenvalue weighted by Gasteiger charge is -2.33. The zero-order chi connectivity index (χ0) is 22.5. The Bertz CT molecular complexity index is 902. The summed E-state index contributed by atoms with van der Waals surface area (Å²) in [6.45, 7) is 15.7. The van der Waals surface area contributed by atoms with Gasteiger partial charge in [-0.2, -0.15) is 0 Å². The summed E-state index contributed by atoms with van der Waals surface area (Å²) in [5.74, 6) is 1.47. The van der Waals surface area contributed by atoms with E-state index in [1.165, 1.54) is 21.6 Å². The quantitative estimate of drug-likeness (QED) is 0.633. The average molecular weight is 426 g/mol. The zero-order valence-corrected chi connectivity index (χ0v) is 20.0. The molecule has 0 saturated carbocycles. The van der Waals surface area contributed by atoms with Crippen molar-refractivity contribution >= 4 is 11.6 Å². The van der Waals surface area contributed by atoms with E-state index in [1.54, 1.807) is 12.0 Å². The number of hydrogen-bond donors (Lipinski definition) is 3. The van der Waals surface area contributed by atoms with Crippen LogP contribution in [0.1, 0.15) is 48.9 Å². The highest BCUT2D eigenvalue weighted by atomic mass is 16.5. The van der Waals surface area contributed by atoms with Crippen molar-refractivity contribution in [1.82, 2.24) is 0 Å². The summed E-state index contributed by atoms with van der Waals surface area (Å²) in [4.78, 5) is 16.0. The molecule has 2 aromatic carbocycles. The standard InChI is InChI=1S/C26H37N3O2/c1-18(2)23-9-7-8-20(4)25(23)27-26(30)21(5)29-14-12-28(13-15-29)17-22-16-19(3)10-11-24(22)31-6/h7-11,16,18,21H,12-15,17H2,1-6H3,(H,27,30)/p+2/t21-/m1/s1. The molecule has 0 bridgehead atoms. The van der Waals surface area contributed by atoms with Crippen LogP contribution in [0.5, 0.6) is 5.75 Å². The highest BCUT2D eigenvalue weighted by molar-refractivity contribution is 5.95. The Morgan fingerprint density at radius 1 is 1.06 bits per heavy atom. The summed E-state index contributed by atoms with van der Waals surface area (Å²) >= 11 is 0. The lowest BCUT2D eigenvalue weighted by atomic mass is 9.98. The number of aryl methyl sites for hydroxylation is 2. The summed E-state index contributed by atoms with van der Waals surface area (Å²) in [5, 5.41) is 3.25. The van der Waals surface area contributed by atoms with Gasteiger partial charge in [-0.1, -0.05) is 43.7 Å². The van der Waals surface area contributed by atoms with Crippen LogP contribution < -0.4 is 19.9 Å². The monoisotopic (exact) mass is 425 g/mol. The molecule has 0 radical (unpaired) electrons. The first-order valence-electron chi connectivity index (χ1n) is 11.5. The number of carbonyl (C=O) groups excluding carboxylic acids is 1. The van der Waals surface area contributed by atoms with E-state index in [9.17, 15) is 4.79 Å². The van der Waals surface area contributed by atoms with E-state index >= 15 is 0 Å². The second kappa shape index (κ2) is 10.3. The van der Waals surface area contributed by atoms with Gasteiger partial charge in [0.15, 0.2) is 6.04 Å². The van der Waals surface area contributed by atoms with Crippen molar-refractivity contribution in [2.45, 2.75) is 53.1 Å². The maximum absolute atomic E-state index is 13.1. The number of piperazine rings is 1. The first-order valence-corrected chi connectivity index (χ1v) is 11.5. The molecule has 3 rings (SSSR count). The van der Waals surface area contributed by atoms with Crippen molar-refractivity contribution in [2.24, 2.45) is 0 Å². The highest BCUT2D eigenvalue weighted by Crippen LogP contribution is 2.27. The fourth-order valence-corrected chi connectivity index (χ4v) is 4.61. The predicted octanol–water partition coefficient (Wildman–Crippen LogP) is 1.75. The van der Waals surface area contributed by atoms with Crippen molar-refractivity contribution in [3.8, 4) is 5.75 Å². The molecule has 5 nitrogen and oxygen atoms in total. The van der Waals surface area contributed by atoms with Crippen molar-refractivity contribution in [1.29, 1.82) is 0 Å². The van der Waals surface area contributed by atoms with Crippen LogP contribution in [0, 0.1) is 13.8 Å². The molecule has 0 spiro atoms. The van der Waals surface area contributed by atoms with Crippen molar-refractivity contribution in [2.75, 3.05) is 38.6 Å². The molecule has 1 atom stereocenters.